The van der Waals surface area contributed by atoms with E-state index in [2.05, 4.69) is 5.32 Å². The molecule has 1 aliphatic heterocycles. The van der Waals surface area contributed by atoms with Gasteiger partial charge in [0.1, 0.15) is 5.75 Å². The van der Waals surface area contributed by atoms with Gasteiger partial charge in [-0.25, -0.2) is 4.79 Å². The summed E-state index contributed by atoms with van der Waals surface area (Å²) in [5.74, 6) is 0.877. The number of hydrogen-bond acceptors (Lipinski definition) is 4. The summed E-state index contributed by atoms with van der Waals surface area (Å²) in [7, 11) is 0. The second kappa shape index (κ2) is 7.79. The third-order valence-electron chi connectivity index (χ3n) is 5.24. The fourth-order valence-corrected chi connectivity index (χ4v) is 3.73. The van der Waals surface area contributed by atoms with Gasteiger partial charge >= 0.3 is 5.97 Å². The maximum atomic E-state index is 12.4. The summed E-state index contributed by atoms with van der Waals surface area (Å²) in [4.78, 5) is 23.3. The molecule has 2 N–H and O–H groups in total. The monoisotopic (exact) mass is 331 g/mol. The minimum Gasteiger partial charge on any atom is -0.493 e. The van der Waals surface area contributed by atoms with E-state index in [0.29, 0.717) is 24.1 Å². The third kappa shape index (κ3) is 4.15. The van der Waals surface area contributed by atoms with E-state index >= 15 is 0 Å². The zero-order valence-electron chi connectivity index (χ0n) is 13.9. The Morgan fingerprint density at radius 2 is 1.79 bits per heavy atom. The Morgan fingerprint density at radius 1 is 1.08 bits per heavy atom. The Kier molecular flexibility index (Phi) is 5.51. The molecular formula is C19H25NO4. The molecule has 3 rings (SSSR count). The molecule has 0 bridgehead atoms. The smallest absolute Gasteiger partial charge is 0.335 e. The number of carboxylic acids is 1. The molecule has 0 radical (unpaired) electrons. The predicted molar refractivity (Wildman–Crippen MR) is 90.4 cm³/mol. The Morgan fingerprint density at radius 3 is 2.38 bits per heavy atom. The van der Waals surface area contributed by atoms with Gasteiger partial charge in [-0.05, 0) is 75.3 Å². The van der Waals surface area contributed by atoms with Crippen molar-refractivity contribution in [2.45, 2.75) is 44.6 Å². The highest BCUT2D eigenvalue weighted by Crippen LogP contribution is 2.31. The van der Waals surface area contributed by atoms with Crippen molar-refractivity contribution >= 4 is 11.8 Å². The maximum Gasteiger partial charge on any atom is 0.335 e. The van der Waals surface area contributed by atoms with Crippen LogP contribution in [0.15, 0.2) is 24.3 Å². The Hall–Kier alpha value is -1.88. The lowest BCUT2D eigenvalue weighted by atomic mass is 9.78. The average molecular weight is 331 g/mol. The summed E-state index contributed by atoms with van der Waals surface area (Å²) in [6.45, 7) is 1.61. The number of nitrogens with one attached hydrogen (secondary N) is 1. The van der Waals surface area contributed by atoms with Crippen molar-refractivity contribution in [3.8, 4) is 5.75 Å². The van der Waals surface area contributed by atoms with E-state index in [4.69, 9.17) is 9.84 Å². The van der Waals surface area contributed by atoms with E-state index in [1.54, 1.807) is 24.3 Å². The summed E-state index contributed by atoms with van der Waals surface area (Å²) in [5, 5.41) is 12.2. The molecule has 1 aliphatic carbocycles. The topological polar surface area (TPSA) is 75.6 Å². The van der Waals surface area contributed by atoms with Crippen molar-refractivity contribution in [3.63, 3.8) is 0 Å². The van der Waals surface area contributed by atoms with Crippen molar-refractivity contribution in [1.82, 2.24) is 5.32 Å². The summed E-state index contributed by atoms with van der Waals surface area (Å²) in [5.41, 5.74) is 0.266. The maximum absolute atomic E-state index is 12.4. The second-order valence-electron chi connectivity index (χ2n) is 6.91. The van der Waals surface area contributed by atoms with Gasteiger partial charge in [-0.3, -0.25) is 4.79 Å². The highest BCUT2D eigenvalue weighted by molar-refractivity contribution is 5.87. The molecule has 1 aromatic rings. The summed E-state index contributed by atoms with van der Waals surface area (Å²) in [6.07, 6.45) is 6.08. The van der Waals surface area contributed by atoms with E-state index in [-0.39, 0.29) is 17.5 Å². The van der Waals surface area contributed by atoms with E-state index in [9.17, 15) is 9.59 Å². The zero-order chi connectivity index (χ0) is 16.9. The number of ketones is 1. The van der Waals surface area contributed by atoms with Crippen LogP contribution in [-0.4, -0.2) is 36.1 Å². The minimum absolute atomic E-state index is 0.0931. The first-order chi connectivity index (χ1) is 11.6. The van der Waals surface area contributed by atoms with Gasteiger partial charge in [-0.2, -0.15) is 0 Å². The molecule has 24 heavy (non-hydrogen) atoms. The molecule has 0 amide bonds. The number of ether oxygens (including phenoxy) is 1. The standard InChI is InChI=1S/C19H25NO4/c21-18(17-2-1-11-20-17)14-5-3-13(4-6-14)12-24-16-9-7-15(8-10-16)19(22)23/h7-10,13-14,17,20H,1-6,11-12H2,(H,22,23)/t13?,14?,17-/m0/s1. The van der Waals surface area contributed by atoms with Crippen LogP contribution in [0, 0.1) is 11.8 Å². The fourth-order valence-electron chi connectivity index (χ4n) is 3.73. The van der Waals surface area contributed by atoms with E-state index in [0.717, 1.165) is 45.1 Å². The first kappa shape index (κ1) is 17.0. The zero-order valence-corrected chi connectivity index (χ0v) is 13.9. The third-order valence-corrected chi connectivity index (χ3v) is 5.24. The molecule has 0 unspecified atom stereocenters. The predicted octanol–water partition coefficient (Wildman–Crippen LogP) is 2.89. The first-order valence-corrected chi connectivity index (χ1v) is 8.87. The molecule has 1 saturated heterocycles. The number of rotatable bonds is 6. The van der Waals surface area contributed by atoms with Gasteiger partial charge in [0, 0.05) is 5.92 Å². The van der Waals surface area contributed by atoms with Crippen LogP contribution in [0.25, 0.3) is 0 Å². The van der Waals surface area contributed by atoms with E-state index in [1.165, 1.54) is 0 Å². The summed E-state index contributed by atoms with van der Waals surface area (Å²) < 4.78 is 5.79. The molecule has 0 aromatic heterocycles. The van der Waals surface area contributed by atoms with E-state index < -0.39 is 5.97 Å². The number of benzene rings is 1. The number of carbonyl (C=O) groups excluding carboxylic acids is 1. The fraction of sp³-hybridized carbons (Fsp3) is 0.579. The van der Waals surface area contributed by atoms with Gasteiger partial charge in [0.05, 0.1) is 18.2 Å². The van der Waals surface area contributed by atoms with Crippen LogP contribution in [0.5, 0.6) is 5.75 Å². The Bertz CT molecular complexity index is 570. The molecule has 130 valence electrons. The molecule has 1 aromatic carbocycles. The summed E-state index contributed by atoms with van der Waals surface area (Å²) in [6, 6.07) is 6.61. The highest BCUT2D eigenvalue weighted by Gasteiger charge is 2.32. The highest BCUT2D eigenvalue weighted by atomic mass is 16.5. The van der Waals surface area contributed by atoms with Gasteiger partial charge < -0.3 is 15.2 Å². The molecule has 2 aliphatic rings. The molecule has 1 saturated carbocycles. The molecule has 2 fully saturated rings. The normalized spacial score (nSPS) is 26.9. The van der Waals surface area contributed by atoms with Crippen LogP contribution in [0.2, 0.25) is 0 Å². The van der Waals surface area contributed by atoms with Crippen molar-refractivity contribution in [2.24, 2.45) is 11.8 Å². The van der Waals surface area contributed by atoms with Crippen LogP contribution in [-0.2, 0) is 4.79 Å². The van der Waals surface area contributed by atoms with Crippen LogP contribution < -0.4 is 10.1 Å². The van der Waals surface area contributed by atoms with Gasteiger partial charge in [-0.15, -0.1) is 0 Å². The van der Waals surface area contributed by atoms with Crippen molar-refractivity contribution in [2.75, 3.05) is 13.2 Å². The summed E-state index contributed by atoms with van der Waals surface area (Å²) >= 11 is 0. The van der Waals surface area contributed by atoms with E-state index in [1.807, 2.05) is 0 Å². The minimum atomic E-state index is -0.929. The largest absolute Gasteiger partial charge is 0.493 e. The molecule has 1 heterocycles. The molecule has 5 nitrogen and oxygen atoms in total. The molecular weight excluding hydrogens is 306 g/mol. The van der Waals surface area contributed by atoms with Gasteiger partial charge in [0.15, 0.2) is 5.78 Å². The van der Waals surface area contributed by atoms with Gasteiger partial charge in [0.25, 0.3) is 0 Å². The lowest BCUT2D eigenvalue weighted by molar-refractivity contribution is -0.125. The van der Waals surface area contributed by atoms with Crippen molar-refractivity contribution in [3.05, 3.63) is 29.8 Å². The lowest BCUT2D eigenvalue weighted by Crippen LogP contribution is -2.37. The number of carbonyl (C=O) groups is 2. The molecule has 1 atom stereocenters. The first-order valence-electron chi connectivity index (χ1n) is 8.87. The lowest BCUT2D eigenvalue weighted by Gasteiger charge is -2.29. The van der Waals surface area contributed by atoms with Gasteiger partial charge in [-0.1, -0.05) is 0 Å². The van der Waals surface area contributed by atoms with Crippen LogP contribution in [0.3, 0.4) is 0 Å². The average Bonchev–Trinajstić information content (AvgIpc) is 3.15. The van der Waals surface area contributed by atoms with Crippen molar-refractivity contribution in [1.29, 1.82) is 0 Å². The quantitative estimate of drug-likeness (QED) is 0.838. The number of Topliss-reactive ketones (excluding diaryl/α,β-unsaturated/α-hetero) is 1. The molecule has 0 spiro atoms. The Labute approximate surface area is 142 Å². The number of carboxylic acid groups (broad SMARTS) is 1. The Balaban J connectivity index is 1.42. The SMILES string of the molecule is O=C(O)c1ccc(OCC2CCC(C(=O)[C@@H]3CCCN3)CC2)cc1. The number of hydrogen-bond donors (Lipinski definition) is 2. The van der Waals surface area contributed by atoms with Crippen LogP contribution >= 0.6 is 0 Å². The number of aromatic carboxylic acids is 1. The van der Waals surface area contributed by atoms with Crippen LogP contribution in [0.1, 0.15) is 48.9 Å². The van der Waals surface area contributed by atoms with Gasteiger partial charge in [0.2, 0.25) is 0 Å². The second-order valence-corrected chi connectivity index (χ2v) is 6.91. The van der Waals surface area contributed by atoms with Crippen LogP contribution in [0.4, 0.5) is 0 Å². The molecule has 5 heteroatoms. The van der Waals surface area contributed by atoms with Crippen molar-refractivity contribution < 1.29 is 19.4 Å².